The van der Waals surface area contributed by atoms with Crippen LogP contribution in [0.3, 0.4) is 0 Å². The monoisotopic (exact) mass is 301 g/mol. The van der Waals surface area contributed by atoms with Crippen LogP contribution in [0.1, 0.15) is 37.8 Å². The lowest BCUT2D eigenvalue weighted by atomic mass is 10.1. The third-order valence-corrected chi connectivity index (χ3v) is 4.99. The Morgan fingerprint density at radius 2 is 1.95 bits per heavy atom. The van der Waals surface area contributed by atoms with Crippen LogP contribution in [0.5, 0.6) is 5.75 Å². The number of halogens is 2. The van der Waals surface area contributed by atoms with E-state index in [2.05, 4.69) is 23.2 Å². The van der Waals surface area contributed by atoms with Crippen molar-refractivity contribution in [2.24, 2.45) is 0 Å². The molecule has 1 aliphatic carbocycles. The number of hydrogen-bond donors (Lipinski definition) is 1. The highest BCUT2D eigenvalue weighted by atomic mass is 32.2. The fourth-order valence-corrected chi connectivity index (χ4v) is 3.70. The van der Waals surface area contributed by atoms with E-state index in [9.17, 15) is 8.78 Å². The number of nitrogens with one attached hydrogen (secondary N) is 1. The van der Waals surface area contributed by atoms with Crippen molar-refractivity contribution in [3.63, 3.8) is 0 Å². The molecule has 0 aliphatic heterocycles. The molecule has 0 bridgehead atoms. The molecule has 3 atom stereocenters. The fourth-order valence-electron chi connectivity index (χ4n) is 2.75. The van der Waals surface area contributed by atoms with Gasteiger partial charge in [0.2, 0.25) is 0 Å². The van der Waals surface area contributed by atoms with Gasteiger partial charge in [-0.2, -0.15) is 20.5 Å². The van der Waals surface area contributed by atoms with E-state index in [-0.39, 0.29) is 11.8 Å². The van der Waals surface area contributed by atoms with E-state index in [1.807, 2.05) is 23.9 Å². The van der Waals surface area contributed by atoms with Crippen molar-refractivity contribution in [2.45, 2.75) is 50.1 Å². The van der Waals surface area contributed by atoms with Gasteiger partial charge in [0, 0.05) is 17.3 Å². The molecule has 0 aromatic heterocycles. The summed E-state index contributed by atoms with van der Waals surface area (Å²) in [7, 11) is 0. The van der Waals surface area contributed by atoms with Crippen LogP contribution in [0.15, 0.2) is 24.3 Å². The first kappa shape index (κ1) is 15.6. The first-order valence-corrected chi connectivity index (χ1v) is 8.22. The van der Waals surface area contributed by atoms with Crippen molar-refractivity contribution in [3.8, 4) is 5.75 Å². The molecule has 0 amide bonds. The van der Waals surface area contributed by atoms with Crippen molar-refractivity contribution in [1.29, 1.82) is 0 Å². The van der Waals surface area contributed by atoms with E-state index in [1.165, 1.54) is 19.3 Å². The van der Waals surface area contributed by atoms with E-state index in [0.29, 0.717) is 11.3 Å². The lowest BCUT2D eigenvalue weighted by molar-refractivity contribution is -0.0498. The zero-order valence-electron chi connectivity index (χ0n) is 11.8. The van der Waals surface area contributed by atoms with Gasteiger partial charge in [-0.1, -0.05) is 18.6 Å². The molecule has 0 spiro atoms. The molecule has 3 unspecified atom stereocenters. The quantitative estimate of drug-likeness (QED) is 0.850. The second-order valence-corrected chi connectivity index (χ2v) is 6.22. The largest absolute Gasteiger partial charge is 0.435 e. The molecule has 1 N–H and O–H groups in total. The molecule has 1 aromatic carbocycles. The van der Waals surface area contributed by atoms with Gasteiger partial charge in [-0.25, -0.2) is 0 Å². The second-order valence-electron chi connectivity index (χ2n) is 5.15. The molecule has 2 nitrogen and oxygen atoms in total. The molecule has 1 saturated carbocycles. The number of hydrogen-bond acceptors (Lipinski definition) is 3. The summed E-state index contributed by atoms with van der Waals surface area (Å²) in [5, 5.41) is 4.33. The van der Waals surface area contributed by atoms with Gasteiger partial charge in [0.15, 0.2) is 0 Å². The van der Waals surface area contributed by atoms with Crippen LogP contribution in [0, 0.1) is 0 Å². The molecule has 0 heterocycles. The average molecular weight is 301 g/mol. The van der Waals surface area contributed by atoms with Gasteiger partial charge < -0.3 is 10.1 Å². The minimum atomic E-state index is -2.77. The third-order valence-electron chi connectivity index (χ3n) is 3.82. The van der Waals surface area contributed by atoms with E-state index >= 15 is 0 Å². The summed E-state index contributed by atoms with van der Waals surface area (Å²) in [6, 6.07) is 7.64. The van der Waals surface area contributed by atoms with Gasteiger partial charge in [0.1, 0.15) is 5.75 Å². The smallest absolute Gasteiger partial charge is 0.387 e. The maximum absolute atomic E-state index is 12.1. The van der Waals surface area contributed by atoms with Crippen LogP contribution < -0.4 is 10.1 Å². The highest BCUT2D eigenvalue weighted by Gasteiger charge is 2.27. The van der Waals surface area contributed by atoms with Gasteiger partial charge in [0.05, 0.1) is 0 Å². The zero-order valence-corrected chi connectivity index (χ0v) is 12.6. The maximum Gasteiger partial charge on any atom is 0.387 e. The standard InChI is InChI=1S/C15H21F2NOS/c1-10(18-13-4-3-5-14(13)20-2)11-6-8-12(9-7-11)19-15(16)17/h6-10,13-15,18H,3-5H2,1-2H3. The molecule has 1 aliphatic rings. The van der Waals surface area contributed by atoms with Gasteiger partial charge in [-0.3, -0.25) is 0 Å². The topological polar surface area (TPSA) is 21.3 Å². The Hall–Kier alpha value is -0.810. The first-order valence-electron chi connectivity index (χ1n) is 6.93. The third kappa shape index (κ3) is 4.09. The molecule has 2 rings (SSSR count). The Labute approximate surface area is 123 Å². The number of ether oxygens (including phenoxy) is 1. The van der Waals surface area contributed by atoms with Crippen molar-refractivity contribution >= 4 is 11.8 Å². The molecular formula is C15H21F2NOS. The molecule has 1 fully saturated rings. The summed E-state index contributed by atoms with van der Waals surface area (Å²) in [6.45, 7) is -0.657. The summed E-state index contributed by atoms with van der Waals surface area (Å²) < 4.78 is 28.6. The molecule has 0 saturated heterocycles. The van der Waals surface area contributed by atoms with E-state index in [0.717, 1.165) is 5.56 Å². The summed E-state index contributed by atoms with van der Waals surface area (Å²) in [6.07, 6.45) is 5.91. The Bertz CT molecular complexity index is 413. The predicted molar refractivity (Wildman–Crippen MR) is 79.6 cm³/mol. The number of thioether (sulfide) groups is 1. The highest BCUT2D eigenvalue weighted by Crippen LogP contribution is 2.30. The van der Waals surface area contributed by atoms with Crippen LogP contribution in [-0.4, -0.2) is 24.2 Å². The van der Waals surface area contributed by atoms with E-state index in [4.69, 9.17) is 0 Å². The minimum absolute atomic E-state index is 0.207. The lowest BCUT2D eigenvalue weighted by Crippen LogP contribution is -2.35. The number of benzene rings is 1. The van der Waals surface area contributed by atoms with Gasteiger partial charge >= 0.3 is 6.61 Å². The lowest BCUT2D eigenvalue weighted by Gasteiger charge is -2.24. The Balaban J connectivity index is 1.93. The first-order chi connectivity index (χ1) is 9.60. The molecule has 112 valence electrons. The van der Waals surface area contributed by atoms with Gasteiger partial charge in [0.25, 0.3) is 0 Å². The van der Waals surface area contributed by atoms with Crippen LogP contribution in [-0.2, 0) is 0 Å². The second kappa shape index (κ2) is 7.27. The normalized spacial score (nSPS) is 24.1. The Morgan fingerprint density at radius 3 is 2.55 bits per heavy atom. The highest BCUT2D eigenvalue weighted by molar-refractivity contribution is 7.99. The van der Waals surface area contributed by atoms with Crippen LogP contribution in [0.2, 0.25) is 0 Å². The Morgan fingerprint density at radius 1 is 1.25 bits per heavy atom. The summed E-state index contributed by atoms with van der Waals surface area (Å²) in [4.78, 5) is 0. The fraction of sp³-hybridized carbons (Fsp3) is 0.600. The zero-order chi connectivity index (χ0) is 14.5. The molecule has 1 aromatic rings. The molecule has 20 heavy (non-hydrogen) atoms. The van der Waals surface area contributed by atoms with Crippen molar-refractivity contribution < 1.29 is 13.5 Å². The summed E-state index contributed by atoms with van der Waals surface area (Å²) in [5.74, 6) is 0.207. The predicted octanol–water partition coefficient (Wildman–Crippen LogP) is 4.22. The molecular weight excluding hydrogens is 280 g/mol. The van der Waals surface area contributed by atoms with Gasteiger partial charge in [-0.15, -0.1) is 0 Å². The van der Waals surface area contributed by atoms with E-state index in [1.54, 1.807) is 12.1 Å². The average Bonchev–Trinajstić information content (AvgIpc) is 2.86. The SMILES string of the molecule is CSC1CCCC1NC(C)c1ccc(OC(F)F)cc1. The number of rotatable bonds is 6. The number of alkyl halides is 2. The van der Waals surface area contributed by atoms with Crippen molar-refractivity contribution in [3.05, 3.63) is 29.8 Å². The molecule has 5 heteroatoms. The van der Waals surface area contributed by atoms with Crippen LogP contribution in [0.25, 0.3) is 0 Å². The van der Waals surface area contributed by atoms with E-state index < -0.39 is 6.61 Å². The minimum Gasteiger partial charge on any atom is -0.435 e. The molecule has 0 radical (unpaired) electrons. The van der Waals surface area contributed by atoms with Crippen LogP contribution in [0.4, 0.5) is 8.78 Å². The Kier molecular flexibility index (Phi) is 5.66. The van der Waals surface area contributed by atoms with Crippen molar-refractivity contribution in [1.82, 2.24) is 5.32 Å². The summed E-state index contributed by atoms with van der Waals surface area (Å²) in [5.41, 5.74) is 1.10. The van der Waals surface area contributed by atoms with Crippen LogP contribution >= 0.6 is 11.8 Å². The maximum atomic E-state index is 12.1. The van der Waals surface area contributed by atoms with Gasteiger partial charge in [-0.05, 0) is 43.7 Å². The summed E-state index contributed by atoms with van der Waals surface area (Å²) >= 11 is 1.92. The van der Waals surface area contributed by atoms with Crippen molar-refractivity contribution in [2.75, 3.05) is 6.26 Å².